The topological polar surface area (TPSA) is 90.3 Å². The molecule has 3 heterocycles. The Bertz CT molecular complexity index is 1010. The van der Waals surface area contributed by atoms with Crippen LogP contribution < -0.4 is 10.1 Å². The summed E-state index contributed by atoms with van der Waals surface area (Å²) in [4.78, 5) is 12.4. The van der Waals surface area contributed by atoms with E-state index in [1.807, 2.05) is 45.0 Å². The van der Waals surface area contributed by atoms with Gasteiger partial charge in [0.15, 0.2) is 9.84 Å². The summed E-state index contributed by atoms with van der Waals surface area (Å²) in [6, 6.07) is 7.59. The molecule has 1 N–H and O–H groups in total. The second-order valence-corrected chi connectivity index (χ2v) is 10.1. The number of carbonyl (C=O) groups excluding carboxylic acids is 1. The van der Waals surface area contributed by atoms with Crippen molar-refractivity contribution in [3.63, 3.8) is 0 Å². The number of aromatic nitrogens is 2. The van der Waals surface area contributed by atoms with Crippen molar-refractivity contribution < 1.29 is 17.9 Å². The van der Waals surface area contributed by atoms with Gasteiger partial charge >= 0.3 is 0 Å². The molecule has 2 aromatic rings. The standard InChI is InChI=1S/C20H25N3O4S/c1-12(2)27-16-6-4-14(5-7-16)17-10-18(24)21-20-19(17)13(3)22-23(20)15-8-9-28(25,26)11-15/h4-7,12,15,17H,8-11H2,1-3H3,(H,21,24). The number of hydrogen-bond donors (Lipinski definition) is 1. The van der Waals surface area contributed by atoms with E-state index in [-0.39, 0.29) is 35.5 Å². The molecule has 1 aromatic heterocycles. The Kier molecular flexibility index (Phi) is 4.69. The average Bonchev–Trinajstić information content (AvgIpc) is 3.14. The maximum absolute atomic E-state index is 12.4. The molecule has 7 nitrogen and oxygen atoms in total. The molecule has 1 saturated heterocycles. The van der Waals surface area contributed by atoms with Crippen molar-refractivity contribution in [2.45, 2.75) is 51.7 Å². The van der Waals surface area contributed by atoms with Gasteiger partial charge in [-0.05, 0) is 44.9 Å². The van der Waals surface area contributed by atoms with E-state index in [0.717, 1.165) is 22.6 Å². The predicted octanol–water partition coefficient (Wildman–Crippen LogP) is 2.81. The van der Waals surface area contributed by atoms with Crippen molar-refractivity contribution in [3.05, 3.63) is 41.1 Å². The van der Waals surface area contributed by atoms with E-state index in [1.54, 1.807) is 4.68 Å². The Balaban J connectivity index is 1.70. The maximum Gasteiger partial charge on any atom is 0.226 e. The molecular formula is C20H25N3O4S. The summed E-state index contributed by atoms with van der Waals surface area (Å²) in [5.41, 5.74) is 2.82. The van der Waals surface area contributed by atoms with E-state index in [9.17, 15) is 13.2 Å². The number of amides is 1. The molecule has 2 unspecified atom stereocenters. The van der Waals surface area contributed by atoms with E-state index >= 15 is 0 Å². The number of nitrogens with zero attached hydrogens (tertiary/aromatic N) is 2. The number of rotatable bonds is 4. The molecule has 1 fully saturated rings. The molecule has 2 aliphatic rings. The van der Waals surface area contributed by atoms with Gasteiger partial charge in [-0.2, -0.15) is 5.10 Å². The van der Waals surface area contributed by atoms with Crippen molar-refractivity contribution in [1.82, 2.24) is 9.78 Å². The first-order valence-electron chi connectivity index (χ1n) is 9.59. The van der Waals surface area contributed by atoms with E-state index < -0.39 is 9.84 Å². The first-order chi connectivity index (χ1) is 13.2. The highest BCUT2D eigenvalue weighted by Gasteiger charge is 2.37. The number of hydrogen-bond acceptors (Lipinski definition) is 5. The van der Waals surface area contributed by atoms with Crippen LogP contribution in [-0.2, 0) is 14.6 Å². The lowest BCUT2D eigenvalue weighted by molar-refractivity contribution is -0.116. The van der Waals surface area contributed by atoms with Crippen molar-refractivity contribution in [2.24, 2.45) is 0 Å². The molecule has 1 aromatic carbocycles. The molecule has 2 aliphatic heterocycles. The van der Waals surface area contributed by atoms with Gasteiger partial charge in [0.2, 0.25) is 5.91 Å². The monoisotopic (exact) mass is 403 g/mol. The number of nitrogens with one attached hydrogen (secondary N) is 1. The number of benzene rings is 1. The SMILES string of the molecule is Cc1nn(C2CCS(=O)(=O)C2)c2c1C(c1ccc(OC(C)C)cc1)CC(=O)N2. The predicted molar refractivity (Wildman–Crippen MR) is 107 cm³/mol. The van der Waals surface area contributed by atoms with Crippen LogP contribution in [0.25, 0.3) is 0 Å². The molecule has 8 heteroatoms. The maximum atomic E-state index is 12.4. The number of sulfone groups is 1. The third kappa shape index (κ3) is 3.53. The molecule has 1 amide bonds. The van der Waals surface area contributed by atoms with E-state index in [2.05, 4.69) is 10.4 Å². The van der Waals surface area contributed by atoms with Crippen LogP contribution >= 0.6 is 0 Å². The summed E-state index contributed by atoms with van der Waals surface area (Å²) in [7, 11) is -3.04. The van der Waals surface area contributed by atoms with Crippen molar-refractivity contribution in [3.8, 4) is 5.75 Å². The van der Waals surface area contributed by atoms with E-state index in [4.69, 9.17) is 4.74 Å². The molecular weight excluding hydrogens is 378 g/mol. The summed E-state index contributed by atoms with van der Waals surface area (Å²) in [5.74, 6) is 1.49. The first kappa shape index (κ1) is 19.0. The van der Waals surface area contributed by atoms with Gasteiger partial charge in [-0.15, -0.1) is 0 Å². The van der Waals surface area contributed by atoms with Crippen LogP contribution in [0.3, 0.4) is 0 Å². The molecule has 0 radical (unpaired) electrons. The largest absolute Gasteiger partial charge is 0.491 e. The minimum absolute atomic E-state index is 0.0718. The van der Waals surface area contributed by atoms with Crippen LogP contribution in [0.15, 0.2) is 24.3 Å². The Morgan fingerprint density at radius 1 is 1.25 bits per heavy atom. The molecule has 0 saturated carbocycles. The van der Waals surface area contributed by atoms with Gasteiger partial charge in [-0.3, -0.25) is 4.79 Å². The molecule has 150 valence electrons. The van der Waals surface area contributed by atoms with Gasteiger partial charge in [0.05, 0.1) is 29.3 Å². The smallest absolute Gasteiger partial charge is 0.226 e. The van der Waals surface area contributed by atoms with Gasteiger partial charge in [0, 0.05) is 17.9 Å². The van der Waals surface area contributed by atoms with Gasteiger partial charge < -0.3 is 10.1 Å². The Hall–Kier alpha value is -2.35. The summed E-state index contributed by atoms with van der Waals surface area (Å²) in [6.45, 7) is 5.87. The highest BCUT2D eigenvalue weighted by Crippen LogP contribution is 2.41. The van der Waals surface area contributed by atoms with E-state index in [1.165, 1.54) is 0 Å². The van der Waals surface area contributed by atoms with Crippen LogP contribution in [0.2, 0.25) is 0 Å². The fourth-order valence-electron chi connectivity index (χ4n) is 4.14. The zero-order chi connectivity index (χ0) is 20.1. The van der Waals surface area contributed by atoms with Crippen LogP contribution in [-0.4, -0.2) is 41.7 Å². The molecule has 0 aliphatic carbocycles. The first-order valence-corrected chi connectivity index (χ1v) is 11.4. The average molecular weight is 404 g/mol. The summed E-state index contributed by atoms with van der Waals surface area (Å²) >= 11 is 0. The molecule has 0 bridgehead atoms. The minimum atomic E-state index is -3.04. The number of aryl methyl sites for hydroxylation is 1. The van der Waals surface area contributed by atoms with Crippen molar-refractivity contribution in [1.29, 1.82) is 0 Å². The summed E-state index contributed by atoms with van der Waals surface area (Å²) in [5, 5.41) is 7.55. The number of anilines is 1. The zero-order valence-corrected chi connectivity index (χ0v) is 17.1. The Labute approximate surface area is 165 Å². The molecule has 0 spiro atoms. The zero-order valence-electron chi connectivity index (χ0n) is 16.3. The molecule has 2 atom stereocenters. The van der Waals surface area contributed by atoms with Gasteiger partial charge in [-0.25, -0.2) is 13.1 Å². The second-order valence-electron chi connectivity index (χ2n) is 7.89. The van der Waals surface area contributed by atoms with Crippen LogP contribution in [0.1, 0.15) is 55.5 Å². The molecule has 28 heavy (non-hydrogen) atoms. The minimum Gasteiger partial charge on any atom is -0.491 e. The lowest BCUT2D eigenvalue weighted by Gasteiger charge is -2.25. The summed E-state index contributed by atoms with van der Waals surface area (Å²) < 4.78 is 31.2. The number of ether oxygens (including phenoxy) is 1. The summed E-state index contributed by atoms with van der Waals surface area (Å²) in [6.07, 6.45) is 0.964. The molecule has 4 rings (SSSR count). The normalized spacial score (nSPS) is 23.5. The van der Waals surface area contributed by atoms with E-state index in [0.29, 0.717) is 18.7 Å². The lowest BCUT2D eigenvalue weighted by Crippen LogP contribution is -2.26. The fraction of sp³-hybridized carbons (Fsp3) is 0.500. The Morgan fingerprint density at radius 2 is 1.96 bits per heavy atom. The van der Waals surface area contributed by atoms with Crippen molar-refractivity contribution >= 4 is 21.6 Å². The third-order valence-corrected chi connectivity index (χ3v) is 7.09. The third-order valence-electron chi connectivity index (χ3n) is 5.34. The quantitative estimate of drug-likeness (QED) is 0.848. The van der Waals surface area contributed by atoms with Crippen molar-refractivity contribution in [2.75, 3.05) is 16.8 Å². The Morgan fingerprint density at radius 3 is 2.57 bits per heavy atom. The second kappa shape index (κ2) is 6.92. The van der Waals surface area contributed by atoms with Gasteiger partial charge in [-0.1, -0.05) is 12.1 Å². The highest BCUT2D eigenvalue weighted by molar-refractivity contribution is 7.91. The van der Waals surface area contributed by atoms with Crippen LogP contribution in [0, 0.1) is 6.92 Å². The van der Waals surface area contributed by atoms with Gasteiger partial charge in [0.1, 0.15) is 11.6 Å². The fourth-order valence-corrected chi connectivity index (χ4v) is 5.83. The van der Waals surface area contributed by atoms with Gasteiger partial charge in [0.25, 0.3) is 0 Å². The number of carbonyl (C=O) groups is 1. The number of fused-ring (bicyclic) bond motifs is 1. The lowest BCUT2D eigenvalue weighted by atomic mass is 9.86. The highest BCUT2D eigenvalue weighted by atomic mass is 32.2. The van der Waals surface area contributed by atoms with Crippen LogP contribution in [0.4, 0.5) is 5.82 Å². The van der Waals surface area contributed by atoms with Crippen LogP contribution in [0.5, 0.6) is 5.75 Å².